The smallest absolute Gasteiger partial charge is 0.233 e. The van der Waals surface area contributed by atoms with Gasteiger partial charge in [-0.05, 0) is 31.1 Å². The van der Waals surface area contributed by atoms with Crippen molar-refractivity contribution in [3.8, 4) is 0 Å². The molecule has 0 heterocycles. The van der Waals surface area contributed by atoms with Crippen molar-refractivity contribution in [3.63, 3.8) is 0 Å². The second-order valence-electron chi connectivity index (χ2n) is 5.25. The van der Waals surface area contributed by atoms with Crippen molar-refractivity contribution < 1.29 is 4.79 Å². The molecule has 2 aliphatic rings. The van der Waals surface area contributed by atoms with Gasteiger partial charge in [-0.15, -0.1) is 0 Å². The summed E-state index contributed by atoms with van der Waals surface area (Å²) >= 11 is 5.03. The summed E-state index contributed by atoms with van der Waals surface area (Å²) in [7, 11) is 0. The highest BCUT2D eigenvalue weighted by atomic mass is 32.1. The van der Waals surface area contributed by atoms with Gasteiger partial charge in [0.2, 0.25) is 5.91 Å². The standard InChI is InChI=1S/C11H18N2OS/c1-6-4-11(5-6,9(12)15)10(14)13-8-3-7(8)2/h6-8H,3-5H2,1-2H3,(H2,12,15)(H,13,14). The number of carbonyl (C=O) groups excluding carboxylic acids is 1. The molecule has 4 heteroatoms. The number of hydrogen-bond donors (Lipinski definition) is 2. The van der Waals surface area contributed by atoms with Gasteiger partial charge in [-0.3, -0.25) is 4.79 Å². The van der Waals surface area contributed by atoms with Gasteiger partial charge in [0.1, 0.15) is 0 Å². The van der Waals surface area contributed by atoms with Crippen LogP contribution < -0.4 is 11.1 Å². The molecular formula is C11H18N2OS. The van der Waals surface area contributed by atoms with Crippen LogP contribution in [0.1, 0.15) is 33.1 Å². The van der Waals surface area contributed by atoms with Crippen LogP contribution in [-0.2, 0) is 4.79 Å². The fourth-order valence-corrected chi connectivity index (χ4v) is 2.72. The van der Waals surface area contributed by atoms with E-state index in [1.54, 1.807) is 0 Å². The Kier molecular flexibility index (Phi) is 2.49. The molecule has 84 valence electrons. The number of hydrogen-bond acceptors (Lipinski definition) is 2. The molecule has 2 fully saturated rings. The first-order valence-corrected chi connectivity index (χ1v) is 5.97. The van der Waals surface area contributed by atoms with E-state index >= 15 is 0 Å². The number of amides is 1. The highest BCUT2D eigenvalue weighted by Gasteiger charge is 2.52. The Morgan fingerprint density at radius 2 is 2.00 bits per heavy atom. The predicted octanol–water partition coefficient (Wildman–Crippen LogP) is 1.21. The number of nitrogens with two attached hydrogens (primary N) is 1. The molecule has 3 nitrogen and oxygen atoms in total. The van der Waals surface area contributed by atoms with E-state index in [9.17, 15) is 4.79 Å². The minimum absolute atomic E-state index is 0.0578. The maximum absolute atomic E-state index is 12.1. The van der Waals surface area contributed by atoms with Gasteiger partial charge >= 0.3 is 0 Å². The Morgan fingerprint density at radius 1 is 1.47 bits per heavy atom. The SMILES string of the molecule is CC1CC(C(=O)NC2CC2C)(C(N)=S)C1. The molecule has 1 amide bonds. The summed E-state index contributed by atoms with van der Waals surface area (Å²) in [5.74, 6) is 1.24. The minimum Gasteiger partial charge on any atom is -0.392 e. The summed E-state index contributed by atoms with van der Waals surface area (Å²) in [4.78, 5) is 12.4. The average molecular weight is 226 g/mol. The van der Waals surface area contributed by atoms with E-state index < -0.39 is 5.41 Å². The summed E-state index contributed by atoms with van der Waals surface area (Å²) in [5.41, 5.74) is 5.17. The maximum atomic E-state index is 12.1. The van der Waals surface area contributed by atoms with Crippen molar-refractivity contribution in [2.24, 2.45) is 23.0 Å². The van der Waals surface area contributed by atoms with Gasteiger partial charge in [-0.2, -0.15) is 0 Å². The van der Waals surface area contributed by atoms with E-state index in [4.69, 9.17) is 18.0 Å². The van der Waals surface area contributed by atoms with Gasteiger partial charge in [-0.25, -0.2) is 0 Å². The number of carbonyl (C=O) groups is 1. The quantitative estimate of drug-likeness (QED) is 0.711. The highest BCUT2D eigenvalue weighted by molar-refractivity contribution is 7.80. The molecule has 0 bridgehead atoms. The Bertz CT molecular complexity index is 310. The van der Waals surface area contributed by atoms with E-state index in [1.807, 2.05) is 0 Å². The molecule has 15 heavy (non-hydrogen) atoms. The Morgan fingerprint density at radius 3 is 2.33 bits per heavy atom. The lowest BCUT2D eigenvalue weighted by Gasteiger charge is -2.44. The van der Waals surface area contributed by atoms with Crippen molar-refractivity contribution in [1.82, 2.24) is 5.32 Å². The van der Waals surface area contributed by atoms with Crippen molar-refractivity contribution in [2.75, 3.05) is 0 Å². The van der Waals surface area contributed by atoms with Crippen LogP contribution >= 0.6 is 12.2 Å². The molecule has 2 rings (SSSR count). The summed E-state index contributed by atoms with van der Waals surface area (Å²) in [6.07, 6.45) is 2.72. The van der Waals surface area contributed by atoms with Crippen molar-refractivity contribution >= 4 is 23.1 Å². The topological polar surface area (TPSA) is 55.1 Å². The van der Waals surface area contributed by atoms with E-state index in [-0.39, 0.29) is 5.91 Å². The third-order valence-electron chi connectivity index (χ3n) is 3.73. The van der Waals surface area contributed by atoms with Crippen molar-refractivity contribution in [1.29, 1.82) is 0 Å². The van der Waals surface area contributed by atoms with Crippen LogP contribution in [0.25, 0.3) is 0 Å². The molecule has 0 aromatic rings. The predicted molar refractivity (Wildman–Crippen MR) is 63.3 cm³/mol. The lowest BCUT2D eigenvalue weighted by atomic mass is 9.62. The highest BCUT2D eigenvalue weighted by Crippen LogP contribution is 2.46. The van der Waals surface area contributed by atoms with Gasteiger partial charge in [0.25, 0.3) is 0 Å². The summed E-state index contributed by atoms with van der Waals surface area (Å²) in [5, 5.41) is 3.04. The first kappa shape index (κ1) is 10.9. The van der Waals surface area contributed by atoms with Gasteiger partial charge < -0.3 is 11.1 Å². The molecular weight excluding hydrogens is 208 g/mol. The normalized spacial score (nSPS) is 42.9. The molecule has 3 N–H and O–H groups in total. The molecule has 0 aromatic carbocycles. The molecule has 0 saturated heterocycles. The van der Waals surface area contributed by atoms with Crippen LogP contribution in [0.4, 0.5) is 0 Å². The molecule has 2 atom stereocenters. The fraction of sp³-hybridized carbons (Fsp3) is 0.818. The second-order valence-corrected chi connectivity index (χ2v) is 5.69. The van der Waals surface area contributed by atoms with Gasteiger partial charge in [0, 0.05) is 6.04 Å². The van der Waals surface area contributed by atoms with Crippen LogP contribution in [0.15, 0.2) is 0 Å². The van der Waals surface area contributed by atoms with Gasteiger partial charge in [0.05, 0.1) is 10.4 Å². The lowest BCUT2D eigenvalue weighted by Crippen LogP contribution is -2.56. The molecule has 2 aliphatic carbocycles. The zero-order valence-electron chi connectivity index (χ0n) is 9.25. The molecule has 0 aliphatic heterocycles. The number of nitrogens with one attached hydrogen (secondary N) is 1. The van der Waals surface area contributed by atoms with E-state index in [0.717, 1.165) is 19.3 Å². The van der Waals surface area contributed by atoms with Crippen LogP contribution in [0.3, 0.4) is 0 Å². The molecule has 2 saturated carbocycles. The van der Waals surface area contributed by atoms with Crippen molar-refractivity contribution in [3.05, 3.63) is 0 Å². The first-order chi connectivity index (χ1) is 6.95. The number of thiocarbonyl (C=S) groups is 1. The zero-order valence-corrected chi connectivity index (χ0v) is 10.1. The van der Waals surface area contributed by atoms with E-state index in [1.165, 1.54) is 0 Å². The first-order valence-electron chi connectivity index (χ1n) is 5.56. The van der Waals surface area contributed by atoms with Crippen LogP contribution in [-0.4, -0.2) is 16.9 Å². The average Bonchev–Trinajstić information content (AvgIpc) is 2.74. The third-order valence-corrected chi connectivity index (χ3v) is 4.12. The van der Waals surface area contributed by atoms with Crippen LogP contribution in [0.5, 0.6) is 0 Å². The molecule has 0 spiro atoms. The zero-order chi connectivity index (χ0) is 11.2. The van der Waals surface area contributed by atoms with Gasteiger partial charge in [-0.1, -0.05) is 26.1 Å². The largest absolute Gasteiger partial charge is 0.392 e. The third kappa shape index (κ3) is 1.75. The second kappa shape index (κ2) is 3.44. The Hall–Kier alpha value is -0.640. The minimum atomic E-state index is -0.531. The van der Waals surface area contributed by atoms with E-state index in [0.29, 0.717) is 22.9 Å². The summed E-state index contributed by atoms with van der Waals surface area (Å²) in [6.45, 7) is 4.27. The molecule has 0 radical (unpaired) electrons. The van der Waals surface area contributed by atoms with Crippen molar-refractivity contribution in [2.45, 2.75) is 39.2 Å². The molecule has 2 unspecified atom stereocenters. The monoisotopic (exact) mass is 226 g/mol. The van der Waals surface area contributed by atoms with Gasteiger partial charge in [0.15, 0.2) is 0 Å². The number of rotatable bonds is 3. The maximum Gasteiger partial charge on any atom is 0.233 e. The van der Waals surface area contributed by atoms with E-state index in [2.05, 4.69) is 19.2 Å². The Balaban J connectivity index is 1.99. The fourth-order valence-electron chi connectivity index (χ4n) is 2.46. The lowest BCUT2D eigenvalue weighted by molar-refractivity contribution is -0.133. The Labute approximate surface area is 95.8 Å². The summed E-state index contributed by atoms with van der Waals surface area (Å²) < 4.78 is 0. The van der Waals surface area contributed by atoms with Crippen LogP contribution in [0.2, 0.25) is 0 Å². The van der Waals surface area contributed by atoms with Crippen LogP contribution in [0, 0.1) is 17.3 Å². The molecule has 0 aromatic heterocycles. The summed E-state index contributed by atoms with van der Waals surface area (Å²) in [6, 6.07) is 0.361.